The van der Waals surface area contributed by atoms with E-state index in [2.05, 4.69) is 10.3 Å². The van der Waals surface area contributed by atoms with Crippen molar-refractivity contribution in [2.75, 3.05) is 0 Å². The van der Waals surface area contributed by atoms with Gasteiger partial charge in [-0.15, -0.1) is 0 Å². The fourth-order valence-corrected chi connectivity index (χ4v) is 2.26. The Kier molecular flexibility index (Phi) is 5.51. The molecule has 0 spiro atoms. The molecule has 0 radical (unpaired) electrons. The molecule has 1 heterocycles. The number of nitrogens with one attached hydrogen (secondary N) is 1. The van der Waals surface area contributed by atoms with Gasteiger partial charge in [-0.2, -0.15) is 0 Å². The quantitative estimate of drug-likeness (QED) is 0.820. The summed E-state index contributed by atoms with van der Waals surface area (Å²) in [7, 11) is 0. The highest BCUT2D eigenvalue weighted by Gasteiger charge is 2.25. The van der Waals surface area contributed by atoms with Crippen molar-refractivity contribution in [1.82, 2.24) is 14.9 Å². The summed E-state index contributed by atoms with van der Waals surface area (Å²) in [6, 6.07) is 6.24. The molecule has 23 heavy (non-hydrogen) atoms. The van der Waals surface area contributed by atoms with Gasteiger partial charge in [0.05, 0.1) is 6.33 Å². The van der Waals surface area contributed by atoms with Gasteiger partial charge in [-0.3, -0.25) is 4.79 Å². The molecule has 2 rings (SSSR count). The van der Waals surface area contributed by atoms with E-state index in [-0.39, 0.29) is 11.8 Å². The Hall–Kier alpha value is -2.63. The minimum atomic E-state index is -1.01. The van der Waals surface area contributed by atoms with E-state index in [0.717, 1.165) is 5.56 Å². The summed E-state index contributed by atoms with van der Waals surface area (Å²) in [4.78, 5) is 27.5. The Morgan fingerprint density at radius 1 is 1.30 bits per heavy atom. The van der Waals surface area contributed by atoms with Crippen LogP contribution in [0.1, 0.15) is 36.2 Å². The van der Waals surface area contributed by atoms with Crippen molar-refractivity contribution in [3.8, 4) is 0 Å². The van der Waals surface area contributed by atoms with Crippen LogP contribution in [0.4, 0.5) is 0 Å². The summed E-state index contributed by atoms with van der Waals surface area (Å²) in [5.41, 5.74) is 1.49. The van der Waals surface area contributed by atoms with Crippen molar-refractivity contribution < 1.29 is 14.7 Å². The van der Waals surface area contributed by atoms with Crippen LogP contribution in [0.3, 0.4) is 0 Å². The lowest BCUT2D eigenvalue weighted by Crippen LogP contribution is -2.45. The molecular formula is C17H21N3O3. The predicted octanol–water partition coefficient (Wildman–Crippen LogP) is 2.16. The third-order valence-corrected chi connectivity index (χ3v) is 3.91. The minimum Gasteiger partial charge on any atom is -0.480 e. The molecule has 0 aliphatic carbocycles. The van der Waals surface area contributed by atoms with Crippen LogP contribution in [-0.2, 0) is 11.3 Å². The second-order valence-corrected chi connectivity index (χ2v) is 5.61. The highest BCUT2D eigenvalue weighted by molar-refractivity contribution is 5.96. The summed E-state index contributed by atoms with van der Waals surface area (Å²) in [5, 5.41) is 11.8. The standard InChI is InChI=1S/C17H21N3O3/c1-3-12(2)15(17(22)23)19-16(21)14-6-4-13(5-7-14)10-20-9-8-18-11-20/h4-9,11-12,15H,3,10H2,1-2H3,(H,19,21)(H,22,23)/t12-,15-/m0/s1. The highest BCUT2D eigenvalue weighted by atomic mass is 16.4. The molecule has 0 fully saturated rings. The third-order valence-electron chi connectivity index (χ3n) is 3.91. The number of aliphatic carboxylic acids is 1. The molecule has 6 nitrogen and oxygen atoms in total. The zero-order chi connectivity index (χ0) is 16.8. The third kappa shape index (κ3) is 4.42. The molecule has 6 heteroatoms. The number of amides is 1. The highest BCUT2D eigenvalue weighted by Crippen LogP contribution is 2.11. The molecule has 0 aliphatic rings. The molecule has 2 atom stereocenters. The van der Waals surface area contributed by atoms with Crippen LogP contribution in [0.25, 0.3) is 0 Å². The molecule has 2 aromatic rings. The number of rotatable bonds is 7. The molecule has 122 valence electrons. The number of benzene rings is 1. The summed E-state index contributed by atoms with van der Waals surface area (Å²) >= 11 is 0. The molecule has 1 aromatic heterocycles. The van der Waals surface area contributed by atoms with Crippen LogP contribution in [0.2, 0.25) is 0 Å². The lowest BCUT2D eigenvalue weighted by molar-refractivity contribution is -0.140. The van der Waals surface area contributed by atoms with Gasteiger partial charge in [0.25, 0.3) is 5.91 Å². The average Bonchev–Trinajstić information content (AvgIpc) is 3.05. The topological polar surface area (TPSA) is 84.2 Å². The predicted molar refractivity (Wildman–Crippen MR) is 86.1 cm³/mol. The fourth-order valence-electron chi connectivity index (χ4n) is 2.26. The molecule has 0 saturated carbocycles. The lowest BCUT2D eigenvalue weighted by Gasteiger charge is -2.20. The lowest BCUT2D eigenvalue weighted by atomic mass is 9.99. The Labute approximate surface area is 135 Å². The van der Waals surface area contributed by atoms with Crippen LogP contribution >= 0.6 is 0 Å². The van der Waals surface area contributed by atoms with Gasteiger partial charge in [0.15, 0.2) is 0 Å². The van der Waals surface area contributed by atoms with Crippen LogP contribution in [0, 0.1) is 5.92 Å². The van der Waals surface area contributed by atoms with Crippen molar-refractivity contribution >= 4 is 11.9 Å². The van der Waals surface area contributed by atoms with Crippen molar-refractivity contribution in [3.05, 3.63) is 54.1 Å². The SMILES string of the molecule is CC[C@H](C)[C@H](NC(=O)c1ccc(Cn2ccnc2)cc1)C(=O)O. The number of carbonyl (C=O) groups is 2. The number of hydrogen-bond acceptors (Lipinski definition) is 3. The van der Waals surface area contributed by atoms with Gasteiger partial charge in [0, 0.05) is 24.5 Å². The smallest absolute Gasteiger partial charge is 0.326 e. The molecular weight excluding hydrogens is 294 g/mol. The summed E-state index contributed by atoms with van der Waals surface area (Å²) < 4.78 is 1.93. The van der Waals surface area contributed by atoms with E-state index >= 15 is 0 Å². The molecule has 0 aliphatic heterocycles. The summed E-state index contributed by atoms with van der Waals surface area (Å²) in [6.45, 7) is 4.39. The number of nitrogens with zero attached hydrogens (tertiary/aromatic N) is 2. The molecule has 0 saturated heterocycles. The Morgan fingerprint density at radius 3 is 2.52 bits per heavy atom. The van der Waals surface area contributed by atoms with E-state index in [1.54, 1.807) is 24.7 Å². The van der Waals surface area contributed by atoms with Crippen LogP contribution in [0.15, 0.2) is 43.0 Å². The van der Waals surface area contributed by atoms with E-state index in [9.17, 15) is 14.7 Å². The maximum atomic E-state index is 12.2. The van der Waals surface area contributed by atoms with Crippen molar-refractivity contribution in [2.24, 2.45) is 5.92 Å². The van der Waals surface area contributed by atoms with Crippen molar-refractivity contribution in [3.63, 3.8) is 0 Å². The summed E-state index contributed by atoms with van der Waals surface area (Å²) in [6.07, 6.45) is 5.98. The van der Waals surface area contributed by atoms with Gasteiger partial charge in [0.1, 0.15) is 6.04 Å². The Morgan fingerprint density at radius 2 is 2.00 bits per heavy atom. The number of carboxylic acid groups (broad SMARTS) is 1. The van der Waals surface area contributed by atoms with E-state index in [1.165, 1.54) is 0 Å². The number of aromatic nitrogens is 2. The first-order valence-corrected chi connectivity index (χ1v) is 7.59. The maximum absolute atomic E-state index is 12.2. The Bertz CT molecular complexity index is 650. The number of hydrogen-bond donors (Lipinski definition) is 2. The maximum Gasteiger partial charge on any atom is 0.326 e. The molecule has 0 unspecified atom stereocenters. The van der Waals surface area contributed by atoms with Crippen LogP contribution in [-0.4, -0.2) is 32.6 Å². The molecule has 1 amide bonds. The van der Waals surface area contributed by atoms with E-state index in [1.807, 2.05) is 36.7 Å². The first kappa shape index (κ1) is 16.7. The largest absolute Gasteiger partial charge is 0.480 e. The van der Waals surface area contributed by atoms with Crippen molar-refractivity contribution in [2.45, 2.75) is 32.9 Å². The average molecular weight is 315 g/mol. The molecule has 0 bridgehead atoms. The van der Waals surface area contributed by atoms with Gasteiger partial charge < -0.3 is 15.0 Å². The molecule has 2 N–H and O–H groups in total. The second kappa shape index (κ2) is 7.58. The molecule has 1 aromatic carbocycles. The van der Waals surface area contributed by atoms with E-state index < -0.39 is 12.0 Å². The van der Waals surface area contributed by atoms with Crippen LogP contribution < -0.4 is 5.32 Å². The van der Waals surface area contributed by atoms with Gasteiger partial charge in [-0.25, -0.2) is 9.78 Å². The van der Waals surface area contributed by atoms with Crippen LogP contribution in [0.5, 0.6) is 0 Å². The second-order valence-electron chi connectivity index (χ2n) is 5.61. The van der Waals surface area contributed by atoms with Gasteiger partial charge in [-0.05, 0) is 23.6 Å². The fraction of sp³-hybridized carbons (Fsp3) is 0.353. The number of imidazole rings is 1. The monoisotopic (exact) mass is 315 g/mol. The van der Waals surface area contributed by atoms with E-state index in [4.69, 9.17) is 0 Å². The van der Waals surface area contributed by atoms with Gasteiger partial charge >= 0.3 is 5.97 Å². The Balaban J connectivity index is 2.03. The minimum absolute atomic E-state index is 0.128. The first-order valence-electron chi connectivity index (χ1n) is 7.59. The zero-order valence-corrected chi connectivity index (χ0v) is 13.3. The summed E-state index contributed by atoms with van der Waals surface area (Å²) in [5.74, 6) is -1.51. The number of carboxylic acids is 1. The normalized spacial score (nSPS) is 13.3. The van der Waals surface area contributed by atoms with Gasteiger partial charge in [-0.1, -0.05) is 32.4 Å². The number of carbonyl (C=O) groups excluding carboxylic acids is 1. The first-order chi connectivity index (χ1) is 11.0. The van der Waals surface area contributed by atoms with Gasteiger partial charge in [0.2, 0.25) is 0 Å². The zero-order valence-electron chi connectivity index (χ0n) is 13.3. The van der Waals surface area contributed by atoms with E-state index in [0.29, 0.717) is 18.5 Å². The van der Waals surface area contributed by atoms with Crippen molar-refractivity contribution in [1.29, 1.82) is 0 Å².